The first-order valence-electron chi connectivity index (χ1n) is 13.8. The first-order valence-corrected chi connectivity index (χ1v) is 13.8. The Kier molecular flexibility index (Phi) is 11.9. The van der Waals surface area contributed by atoms with Crippen LogP contribution in [0.2, 0.25) is 0 Å². The second kappa shape index (κ2) is 15.3. The molecule has 0 radical (unpaired) electrons. The minimum Gasteiger partial charge on any atom is -0.480 e. The van der Waals surface area contributed by atoms with Gasteiger partial charge in [0.05, 0.1) is 29.4 Å². The number of carboxylic acids is 1. The van der Waals surface area contributed by atoms with Gasteiger partial charge in [0.15, 0.2) is 0 Å². The molecule has 1 aliphatic rings. The van der Waals surface area contributed by atoms with Crippen LogP contribution in [-0.4, -0.2) is 72.3 Å². The lowest BCUT2D eigenvalue weighted by atomic mass is 10.0. The third kappa shape index (κ3) is 9.72. The summed E-state index contributed by atoms with van der Waals surface area (Å²) in [6.07, 6.45) is -0.282. The Bertz CT molecular complexity index is 1230. The molecule has 1 atom stereocenters. The van der Waals surface area contributed by atoms with Gasteiger partial charge in [-0.2, -0.15) is 18.4 Å². The molecule has 0 bridgehead atoms. The van der Waals surface area contributed by atoms with Crippen LogP contribution >= 0.6 is 0 Å². The number of hydrogen-bond acceptors (Lipinski definition) is 7. The van der Waals surface area contributed by atoms with Crippen molar-refractivity contribution in [1.29, 1.82) is 5.26 Å². The zero-order valence-electron chi connectivity index (χ0n) is 23.1. The van der Waals surface area contributed by atoms with Crippen molar-refractivity contribution in [2.24, 2.45) is 0 Å². The number of anilines is 1. The Labute approximate surface area is 237 Å². The van der Waals surface area contributed by atoms with Crippen LogP contribution in [0, 0.1) is 11.3 Å². The molecule has 2 aromatic rings. The molecular formula is C29H36F3N5O4. The molecule has 1 amide bonds. The zero-order chi connectivity index (χ0) is 29.8. The highest BCUT2D eigenvalue weighted by Gasteiger charge is 2.36. The number of nitriles is 1. The Morgan fingerprint density at radius 2 is 2.02 bits per heavy atom. The number of aryl methyl sites for hydroxylation is 2. The van der Waals surface area contributed by atoms with Gasteiger partial charge in [0.2, 0.25) is 0 Å². The van der Waals surface area contributed by atoms with Gasteiger partial charge < -0.3 is 25.4 Å². The number of alkyl halides is 3. The fraction of sp³-hybridized carbons (Fsp3) is 0.517. The third-order valence-electron chi connectivity index (χ3n) is 6.90. The van der Waals surface area contributed by atoms with E-state index in [4.69, 9.17) is 15.0 Å². The van der Waals surface area contributed by atoms with Crippen LogP contribution in [0.25, 0.3) is 0 Å². The summed E-state index contributed by atoms with van der Waals surface area (Å²) in [4.78, 5) is 31.4. The van der Waals surface area contributed by atoms with Crippen LogP contribution in [-0.2, 0) is 28.5 Å². The van der Waals surface area contributed by atoms with E-state index in [0.717, 1.165) is 62.3 Å². The molecular weight excluding hydrogens is 539 g/mol. The third-order valence-corrected chi connectivity index (χ3v) is 6.90. The van der Waals surface area contributed by atoms with Crippen molar-refractivity contribution in [3.63, 3.8) is 0 Å². The number of fused-ring (bicyclic) bond motifs is 1. The molecule has 222 valence electrons. The average molecular weight is 576 g/mol. The molecule has 12 heteroatoms. The number of carboxylic acid groups (broad SMARTS) is 1. The highest BCUT2D eigenvalue weighted by Crippen LogP contribution is 2.32. The van der Waals surface area contributed by atoms with Gasteiger partial charge in [0.1, 0.15) is 11.9 Å². The maximum Gasteiger partial charge on any atom is 0.417 e. The number of carbonyl (C=O) groups excluding carboxylic acids is 1. The van der Waals surface area contributed by atoms with Crippen LogP contribution in [0.4, 0.5) is 19.0 Å². The van der Waals surface area contributed by atoms with Crippen LogP contribution in [0.5, 0.6) is 0 Å². The molecule has 1 unspecified atom stereocenters. The smallest absolute Gasteiger partial charge is 0.417 e. The molecule has 3 N–H and O–H groups in total. The number of rotatable bonds is 15. The molecule has 41 heavy (non-hydrogen) atoms. The number of nitrogens with one attached hydrogen (secondary N) is 2. The van der Waals surface area contributed by atoms with Crippen molar-refractivity contribution in [2.45, 2.75) is 57.7 Å². The fourth-order valence-electron chi connectivity index (χ4n) is 4.67. The Hall–Kier alpha value is -3.69. The Balaban J connectivity index is 1.58. The fourth-order valence-corrected chi connectivity index (χ4v) is 4.67. The summed E-state index contributed by atoms with van der Waals surface area (Å²) in [5.41, 5.74) is -0.0416. The predicted molar refractivity (Wildman–Crippen MR) is 147 cm³/mol. The average Bonchev–Trinajstić information content (AvgIpc) is 2.95. The van der Waals surface area contributed by atoms with E-state index in [9.17, 15) is 27.9 Å². The number of pyridine rings is 1. The van der Waals surface area contributed by atoms with Gasteiger partial charge in [0.25, 0.3) is 5.91 Å². The Morgan fingerprint density at radius 1 is 1.22 bits per heavy atom. The van der Waals surface area contributed by atoms with Crippen molar-refractivity contribution in [1.82, 2.24) is 15.2 Å². The van der Waals surface area contributed by atoms with Crippen molar-refractivity contribution in [3.8, 4) is 6.07 Å². The number of amides is 1. The lowest BCUT2D eigenvalue weighted by molar-refractivity contribution is -0.139. The number of hydrogen-bond donors (Lipinski definition) is 3. The van der Waals surface area contributed by atoms with Gasteiger partial charge in [-0.05, 0) is 81.8 Å². The molecule has 0 saturated carbocycles. The van der Waals surface area contributed by atoms with Crippen LogP contribution in [0.1, 0.15) is 65.3 Å². The number of carbonyl (C=O) groups is 2. The molecule has 9 nitrogen and oxygen atoms in total. The maximum absolute atomic E-state index is 13.5. The van der Waals surface area contributed by atoms with E-state index < -0.39 is 35.2 Å². The number of unbranched alkanes of at least 4 members (excludes halogenated alkanes) is 1. The first-order chi connectivity index (χ1) is 19.6. The number of nitrogens with zero attached hydrogens (tertiary/aromatic N) is 3. The van der Waals surface area contributed by atoms with E-state index in [0.29, 0.717) is 38.9 Å². The second-order valence-electron chi connectivity index (χ2n) is 9.86. The lowest BCUT2D eigenvalue weighted by Gasteiger charge is -2.24. The van der Waals surface area contributed by atoms with E-state index in [-0.39, 0.29) is 12.0 Å². The summed E-state index contributed by atoms with van der Waals surface area (Å²) >= 11 is 0. The standard InChI is InChI=1S/C29H36F3N5O4/c1-2-41-17-16-37(14-4-3-7-22-10-9-21-6-5-13-34-26(21)35-22)15-12-25(28(39)40)36-27(38)23-11-8-20(19-33)18-24(23)29(30,31)32/h8-11,18,25H,2-7,12-17H2,1H3,(H,34,35)(H,36,38)(H,39,40). The molecule has 1 aliphatic heterocycles. The quantitative estimate of drug-likeness (QED) is 0.269. The van der Waals surface area contributed by atoms with Gasteiger partial charge in [-0.1, -0.05) is 6.07 Å². The predicted octanol–water partition coefficient (Wildman–Crippen LogP) is 4.26. The SMILES string of the molecule is CCOCCN(CCCCc1ccc2c(n1)NCCC2)CCC(NC(=O)c1ccc(C#N)cc1C(F)(F)F)C(=O)O. The molecule has 3 rings (SSSR count). The number of aliphatic carboxylic acids is 1. The van der Waals surface area contributed by atoms with E-state index in [1.165, 1.54) is 5.56 Å². The summed E-state index contributed by atoms with van der Waals surface area (Å²) < 4.78 is 46.0. The largest absolute Gasteiger partial charge is 0.480 e. The topological polar surface area (TPSA) is 128 Å². The van der Waals surface area contributed by atoms with E-state index in [1.807, 2.05) is 11.8 Å². The molecule has 0 fully saturated rings. The zero-order valence-corrected chi connectivity index (χ0v) is 23.1. The van der Waals surface area contributed by atoms with Crippen molar-refractivity contribution in [3.05, 3.63) is 58.3 Å². The number of benzene rings is 1. The molecule has 0 aliphatic carbocycles. The highest BCUT2D eigenvalue weighted by molar-refractivity contribution is 5.98. The van der Waals surface area contributed by atoms with Gasteiger partial charge in [0, 0.05) is 31.9 Å². The summed E-state index contributed by atoms with van der Waals surface area (Å²) in [6.45, 7) is 5.27. The monoisotopic (exact) mass is 575 g/mol. The van der Waals surface area contributed by atoms with Crippen molar-refractivity contribution >= 4 is 17.7 Å². The number of ether oxygens (including phenoxy) is 1. The first kappa shape index (κ1) is 31.8. The second-order valence-corrected chi connectivity index (χ2v) is 9.86. The van der Waals surface area contributed by atoms with Gasteiger partial charge in [-0.3, -0.25) is 4.79 Å². The molecule has 0 saturated heterocycles. The van der Waals surface area contributed by atoms with Crippen molar-refractivity contribution in [2.75, 3.05) is 44.7 Å². The van der Waals surface area contributed by atoms with Gasteiger partial charge in [-0.15, -0.1) is 0 Å². The van der Waals surface area contributed by atoms with E-state index in [2.05, 4.69) is 22.8 Å². The summed E-state index contributed by atoms with van der Waals surface area (Å²) in [7, 11) is 0. The minimum atomic E-state index is -4.89. The van der Waals surface area contributed by atoms with Crippen LogP contribution in [0.3, 0.4) is 0 Å². The summed E-state index contributed by atoms with van der Waals surface area (Å²) in [6, 6.07) is 6.94. The van der Waals surface area contributed by atoms with Gasteiger partial charge >= 0.3 is 12.1 Å². The van der Waals surface area contributed by atoms with Crippen LogP contribution < -0.4 is 10.6 Å². The Morgan fingerprint density at radius 3 is 2.73 bits per heavy atom. The summed E-state index contributed by atoms with van der Waals surface area (Å²) in [5.74, 6) is -1.56. The molecule has 2 heterocycles. The van der Waals surface area contributed by atoms with Crippen LogP contribution in [0.15, 0.2) is 30.3 Å². The van der Waals surface area contributed by atoms with E-state index in [1.54, 1.807) is 6.07 Å². The minimum absolute atomic E-state index is 0.0110. The molecule has 0 spiro atoms. The maximum atomic E-state index is 13.5. The normalized spacial score (nSPS) is 13.7. The number of aromatic nitrogens is 1. The molecule has 1 aromatic carbocycles. The summed E-state index contributed by atoms with van der Waals surface area (Å²) in [5, 5.41) is 24.2. The number of halogens is 3. The van der Waals surface area contributed by atoms with Gasteiger partial charge in [-0.25, -0.2) is 9.78 Å². The van der Waals surface area contributed by atoms with E-state index >= 15 is 0 Å². The molecule has 1 aromatic heterocycles. The highest BCUT2D eigenvalue weighted by atomic mass is 19.4. The lowest BCUT2D eigenvalue weighted by Crippen LogP contribution is -2.44. The van der Waals surface area contributed by atoms with Crippen molar-refractivity contribution < 1.29 is 32.6 Å².